The first-order valence-electron chi connectivity index (χ1n) is 7.66. The zero-order chi connectivity index (χ0) is 18.5. The van der Waals surface area contributed by atoms with Crippen LogP contribution in [-0.4, -0.2) is 77.6 Å². The fourth-order valence-electron chi connectivity index (χ4n) is 2.91. The van der Waals surface area contributed by atoms with Crippen molar-refractivity contribution in [1.29, 1.82) is 0 Å². The maximum atomic E-state index is 5.57. The van der Waals surface area contributed by atoms with Gasteiger partial charge in [-0.3, -0.25) is 0 Å². The number of ether oxygens (including phenoxy) is 3. The van der Waals surface area contributed by atoms with Crippen LogP contribution in [0.2, 0.25) is 0 Å². The van der Waals surface area contributed by atoms with E-state index in [2.05, 4.69) is 68.2 Å². The van der Waals surface area contributed by atoms with E-state index in [0.717, 1.165) is 5.56 Å². The second-order valence-electron chi connectivity index (χ2n) is 5.90. The molecule has 0 radical (unpaired) electrons. The molecule has 1 aromatic carbocycles. The Hall–Kier alpha value is -1.04. The van der Waals surface area contributed by atoms with Crippen LogP contribution in [0.4, 0.5) is 0 Å². The van der Waals surface area contributed by atoms with E-state index in [1.807, 2.05) is 12.1 Å². The lowest BCUT2D eigenvalue weighted by Gasteiger charge is -2.37. The van der Waals surface area contributed by atoms with Crippen LogP contribution in [0.1, 0.15) is 5.56 Å². The Bertz CT molecular complexity index is 559. The van der Waals surface area contributed by atoms with Gasteiger partial charge in [-0.05, 0) is 18.2 Å². The minimum atomic E-state index is -1.76. The largest absolute Gasteiger partial charge is 1.00 e. The van der Waals surface area contributed by atoms with Crippen LogP contribution in [0.3, 0.4) is 0 Å². The average molecular weight is 392 g/mol. The topological polar surface area (TPSA) is 37.4 Å². The molecule has 0 saturated carbocycles. The van der Waals surface area contributed by atoms with Crippen molar-refractivity contribution in [2.24, 2.45) is 0 Å². The molecule has 0 amide bonds. The molecule has 0 aliphatic heterocycles. The van der Waals surface area contributed by atoms with Gasteiger partial charge >= 0.3 is 0 Å². The van der Waals surface area contributed by atoms with Gasteiger partial charge in [0.15, 0.2) is 11.5 Å². The molecule has 25 heavy (non-hydrogen) atoms. The van der Waals surface area contributed by atoms with Crippen molar-refractivity contribution in [2.75, 3.05) is 63.6 Å². The number of nitrogens with zero attached hydrogens (tertiary/aromatic N) is 3. The predicted octanol–water partition coefficient (Wildman–Crippen LogP) is 0.135. The van der Waals surface area contributed by atoms with Crippen LogP contribution in [0.15, 0.2) is 17.9 Å². The van der Waals surface area contributed by atoms with Crippen LogP contribution in [0, 0.1) is 0 Å². The Morgan fingerprint density at radius 1 is 0.760 bits per heavy atom. The summed E-state index contributed by atoms with van der Waals surface area (Å²) in [7, 11) is 15.7. The molecule has 0 aliphatic rings. The molecule has 0 unspecified atom stereocenters. The van der Waals surface area contributed by atoms with Crippen LogP contribution >= 0.6 is 7.71 Å². The van der Waals surface area contributed by atoms with E-state index in [-0.39, 0.29) is 12.4 Å². The van der Waals surface area contributed by atoms with Gasteiger partial charge in [-0.15, -0.1) is 0 Å². The van der Waals surface area contributed by atoms with Crippen LogP contribution in [0.25, 0.3) is 6.08 Å². The van der Waals surface area contributed by atoms with E-state index in [4.69, 9.17) is 14.2 Å². The molecule has 0 aromatic heterocycles. The molecular formula is C17H31ClN3O3P. The van der Waals surface area contributed by atoms with E-state index < -0.39 is 7.71 Å². The zero-order valence-electron chi connectivity index (χ0n) is 16.7. The molecule has 6 nitrogen and oxygen atoms in total. The number of hydrogen-bond acceptors (Lipinski definition) is 6. The second kappa shape index (κ2) is 10.2. The van der Waals surface area contributed by atoms with Crippen LogP contribution in [-0.2, 0) is 0 Å². The average Bonchev–Trinajstić information content (AvgIpc) is 2.53. The molecule has 1 rings (SSSR count). The highest BCUT2D eigenvalue weighted by Crippen LogP contribution is 2.65. The Morgan fingerprint density at radius 2 is 1.24 bits per heavy atom. The van der Waals surface area contributed by atoms with Gasteiger partial charge < -0.3 is 26.6 Å². The number of hydrogen-bond donors (Lipinski definition) is 0. The summed E-state index contributed by atoms with van der Waals surface area (Å²) in [6.07, 6.45) is 2.09. The number of methoxy groups -OCH3 is 3. The number of halogens is 1. The van der Waals surface area contributed by atoms with Crippen molar-refractivity contribution in [1.82, 2.24) is 14.0 Å². The summed E-state index contributed by atoms with van der Waals surface area (Å²) >= 11 is 0. The van der Waals surface area contributed by atoms with Gasteiger partial charge in [0.1, 0.15) is 5.82 Å². The lowest BCUT2D eigenvalue weighted by Crippen LogP contribution is -3.00. The molecule has 144 valence electrons. The fourth-order valence-corrected chi connectivity index (χ4v) is 6.22. The maximum absolute atomic E-state index is 5.57. The lowest BCUT2D eigenvalue weighted by atomic mass is 10.1. The molecular weight excluding hydrogens is 361 g/mol. The summed E-state index contributed by atoms with van der Waals surface area (Å²) in [5.41, 5.74) is 0.949. The molecule has 0 N–H and O–H groups in total. The third-order valence-electron chi connectivity index (χ3n) is 3.95. The fraction of sp³-hybridized carbons (Fsp3) is 0.529. The van der Waals surface area contributed by atoms with Gasteiger partial charge in [0.25, 0.3) is 7.71 Å². The first-order valence-corrected chi connectivity index (χ1v) is 9.38. The SMILES string of the molecule is COc1ccc(/C=C/[P+](N(C)C)(N(C)C)N(C)C)c(OC)c1OC.[Cl-]. The summed E-state index contributed by atoms with van der Waals surface area (Å²) in [6.45, 7) is 0. The molecule has 0 saturated heterocycles. The molecule has 8 heteroatoms. The van der Waals surface area contributed by atoms with E-state index in [1.54, 1.807) is 21.3 Å². The minimum absolute atomic E-state index is 0. The van der Waals surface area contributed by atoms with Gasteiger partial charge in [-0.2, -0.15) is 14.0 Å². The van der Waals surface area contributed by atoms with Crippen molar-refractivity contribution in [2.45, 2.75) is 0 Å². The third-order valence-corrected chi connectivity index (χ3v) is 8.04. The highest BCUT2D eigenvalue weighted by Gasteiger charge is 2.45. The van der Waals surface area contributed by atoms with Gasteiger partial charge in [-0.1, -0.05) is 0 Å². The van der Waals surface area contributed by atoms with Crippen LogP contribution < -0.4 is 26.6 Å². The third kappa shape index (κ3) is 4.78. The van der Waals surface area contributed by atoms with E-state index in [1.165, 1.54) is 0 Å². The highest BCUT2D eigenvalue weighted by molar-refractivity contribution is 7.72. The van der Waals surface area contributed by atoms with Gasteiger partial charge in [0.2, 0.25) is 5.75 Å². The minimum Gasteiger partial charge on any atom is -1.00 e. The Balaban J connectivity index is 0.00000576. The Kier molecular flexibility index (Phi) is 9.77. The summed E-state index contributed by atoms with van der Waals surface area (Å²) in [5, 5.41) is 0. The monoisotopic (exact) mass is 391 g/mol. The van der Waals surface area contributed by atoms with Crippen molar-refractivity contribution in [3.05, 3.63) is 23.5 Å². The lowest BCUT2D eigenvalue weighted by molar-refractivity contribution is -0.00000599. The number of rotatable bonds is 8. The maximum Gasteiger partial charge on any atom is 0.253 e. The van der Waals surface area contributed by atoms with Crippen LogP contribution in [0.5, 0.6) is 17.2 Å². The second-order valence-corrected chi connectivity index (χ2v) is 9.82. The van der Waals surface area contributed by atoms with E-state index in [0.29, 0.717) is 17.2 Å². The van der Waals surface area contributed by atoms with Crippen molar-refractivity contribution in [3.63, 3.8) is 0 Å². The Labute approximate surface area is 159 Å². The van der Waals surface area contributed by atoms with Crippen molar-refractivity contribution < 1.29 is 26.6 Å². The molecule has 1 aromatic rings. The van der Waals surface area contributed by atoms with Gasteiger partial charge in [0, 0.05) is 47.8 Å². The molecule has 0 fully saturated rings. The summed E-state index contributed by atoms with van der Waals surface area (Å²) in [6, 6.07) is 3.87. The zero-order valence-corrected chi connectivity index (χ0v) is 18.4. The summed E-state index contributed by atoms with van der Waals surface area (Å²) in [4.78, 5) is 0. The van der Waals surface area contributed by atoms with Gasteiger partial charge in [0.05, 0.1) is 21.3 Å². The molecule has 0 aliphatic carbocycles. The summed E-state index contributed by atoms with van der Waals surface area (Å²) < 4.78 is 23.2. The smallest absolute Gasteiger partial charge is 0.253 e. The van der Waals surface area contributed by atoms with Gasteiger partial charge in [-0.25, -0.2) is 0 Å². The molecule has 0 heterocycles. The molecule has 0 spiro atoms. The quantitative estimate of drug-likeness (QED) is 0.587. The predicted molar refractivity (Wildman–Crippen MR) is 103 cm³/mol. The van der Waals surface area contributed by atoms with Crippen molar-refractivity contribution >= 4 is 13.8 Å². The molecule has 0 atom stereocenters. The normalized spacial score (nSPS) is 12.0. The highest BCUT2D eigenvalue weighted by atomic mass is 35.5. The van der Waals surface area contributed by atoms with E-state index in [9.17, 15) is 0 Å². The molecule has 0 bridgehead atoms. The first-order chi connectivity index (χ1) is 11.3. The van der Waals surface area contributed by atoms with E-state index >= 15 is 0 Å². The van der Waals surface area contributed by atoms with Crippen molar-refractivity contribution in [3.8, 4) is 17.2 Å². The standard InChI is InChI=1S/C17H31N3O3P.ClH/c1-18(2)24(19(3)4,20(5)6)13-12-14-10-11-15(21-7)17(23-9)16(14)22-8;/h10-13H,1-9H3;1H/q+1;/p-1/b13-12+;. The first kappa shape index (κ1) is 24.0. The summed E-state index contributed by atoms with van der Waals surface area (Å²) in [5.74, 6) is 4.17. The Morgan fingerprint density at radius 3 is 1.60 bits per heavy atom. The number of benzene rings is 1.